The fourth-order valence-electron chi connectivity index (χ4n) is 5.33. The molecule has 1 N–H and O–H groups in total. The molecule has 1 aromatic carbocycles. The molecule has 206 valence electrons. The lowest BCUT2D eigenvalue weighted by Crippen LogP contribution is -2.49. The van der Waals surface area contributed by atoms with E-state index in [-0.39, 0.29) is 23.7 Å². The lowest BCUT2D eigenvalue weighted by Gasteiger charge is -2.38. The molecule has 0 aliphatic carbocycles. The average Bonchev–Trinajstić information content (AvgIpc) is 2.86. The summed E-state index contributed by atoms with van der Waals surface area (Å²) in [7, 11) is 4.02. The quantitative estimate of drug-likeness (QED) is 0.506. The minimum Gasteiger partial charge on any atom is -0.508 e. The number of benzene rings is 1. The molecule has 0 unspecified atom stereocenters. The predicted octanol–water partition coefficient (Wildman–Crippen LogP) is 3.69. The molecular formula is C28H39ClN6O3. The molecule has 38 heavy (non-hydrogen) atoms. The summed E-state index contributed by atoms with van der Waals surface area (Å²) in [6.45, 7) is 14.5. The third-order valence-corrected chi connectivity index (χ3v) is 7.34. The number of phenols is 1. The van der Waals surface area contributed by atoms with E-state index in [1.165, 1.54) is 6.08 Å². The predicted molar refractivity (Wildman–Crippen MR) is 152 cm³/mol. The van der Waals surface area contributed by atoms with E-state index in [0.29, 0.717) is 43.8 Å². The minimum atomic E-state index is -0.0879. The molecular weight excluding hydrogens is 504 g/mol. The summed E-state index contributed by atoms with van der Waals surface area (Å²) in [5, 5.41) is 10.9. The van der Waals surface area contributed by atoms with Crippen molar-refractivity contribution < 1.29 is 14.6 Å². The smallest absolute Gasteiger partial charge is 0.318 e. The fourth-order valence-corrected chi connectivity index (χ4v) is 5.76. The Hall–Kier alpha value is -3.04. The number of phenolic OH excluding ortho intramolecular Hbond substituents is 1. The molecule has 0 bridgehead atoms. The fraction of sp³-hybridized carbons (Fsp3) is 0.536. The number of piperazine rings is 1. The summed E-state index contributed by atoms with van der Waals surface area (Å²) >= 11 is 6.57. The monoisotopic (exact) mass is 542 g/mol. The number of carbonyl (C=O) groups is 1. The van der Waals surface area contributed by atoms with Crippen molar-refractivity contribution in [2.24, 2.45) is 0 Å². The van der Waals surface area contributed by atoms with Gasteiger partial charge in [-0.05, 0) is 51.1 Å². The molecule has 10 heteroatoms. The number of nitrogens with zero attached hydrogens (tertiary/aromatic N) is 6. The maximum absolute atomic E-state index is 12.1. The van der Waals surface area contributed by atoms with Crippen LogP contribution in [0.5, 0.6) is 11.8 Å². The maximum atomic E-state index is 12.1. The van der Waals surface area contributed by atoms with Crippen molar-refractivity contribution >= 4 is 29.0 Å². The summed E-state index contributed by atoms with van der Waals surface area (Å²) in [6, 6.07) is 3.76. The number of aromatic nitrogens is 2. The first-order valence-corrected chi connectivity index (χ1v) is 13.6. The van der Waals surface area contributed by atoms with Crippen LogP contribution in [0, 0.1) is 0 Å². The number of likely N-dealkylation sites (N-methyl/N-ethyl adjacent to an activating group) is 1. The Bertz CT molecular complexity index is 1180. The van der Waals surface area contributed by atoms with Crippen LogP contribution in [0.15, 0.2) is 24.8 Å². The summed E-state index contributed by atoms with van der Waals surface area (Å²) < 4.78 is 6.19. The van der Waals surface area contributed by atoms with Crippen molar-refractivity contribution in [3.8, 4) is 11.8 Å². The van der Waals surface area contributed by atoms with E-state index >= 15 is 0 Å². The highest BCUT2D eigenvalue weighted by Crippen LogP contribution is 2.40. The van der Waals surface area contributed by atoms with E-state index in [2.05, 4.69) is 35.1 Å². The van der Waals surface area contributed by atoms with E-state index in [0.717, 1.165) is 47.8 Å². The average molecular weight is 543 g/mol. The first kappa shape index (κ1) is 28.0. The molecule has 2 aliphatic rings. The highest BCUT2D eigenvalue weighted by molar-refractivity contribution is 6.32. The molecule has 0 saturated carbocycles. The number of hydrogen-bond donors (Lipinski definition) is 1. The van der Waals surface area contributed by atoms with Crippen LogP contribution in [0.2, 0.25) is 5.02 Å². The second-order valence-corrected chi connectivity index (χ2v) is 11.1. The van der Waals surface area contributed by atoms with Crippen LogP contribution in [0.4, 0.5) is 11.5 Å². The Morgan fingerprint density at radius 3 is 2.50 bits per heavy atom. The molecule has 1 atom stereocenters. The number of halogens is 1. The number of ether oxygens (including phenoxy) is 1. The Morgan fingerprint density at radius 2 is 1.87 bits per heavy atom. The second kappa shape index (κ2) is 11.8. The lowest BCUT2D eigenvalue weighted by molar-refractivity contribution is -0.126. The minimum absolute atomic E-state index is 0.0442. The zero-order valence-electron chi connectivity index (χ0n) is 23.1. The first-order chi connectivity index (χ1) is 18.1. The SMILES string of the molecule is C=CC(=O)N1CCN(c2nc(O[C@H](C)CN(C)C)nc3c2CCN(c2cc(O)cc(Cl)c2C(C)C)C3)CC1. The third kappa shape index (κ3) is 6.15. The third-order valence-electron chi connectivity index (χ3n) is 7.03. The van der Waals surface area contributed by atoms with Crippen LogP contribution < -0.4 is 14.5 Å². The summed E-state index contributed by atoms with van der Waals surface area (Å²) in [5.74, 6) is 1.18. The zero-order chi connectivity index (χ0) is 27.6. The number of amides is 1. The highest BCUT2D eigenvalue weighted by atomic mass is 35.5. The van der Waals surface area contributed by atoms with Crippen LogP contribution >= 0.6 is 11.6 Å². The summed E-state index contributed by atoms with van der Waals surface area (Å²) in [5.41, 5.74) is 3.96. The number of fused-ring (bicyclic) bond motifs is 1. The Balaban J connectivity index is 1.68. The molecule has 1 saturated heterocycles. The normalized spacial score (nSPS) is 16.6. The zero-order valence-corrected chi connectivity index (χ0v) is 23.8. The van der Waals surface area contributed by atoms with E-state index in [9.17, 15) is 9.90 Å². The molecule has 3 heterocycles. The molecule has 1 amide bonds. The van der Waals surface area contributed by atoms with Crippen LogP contribution in [-0.2, 0) is 17.8 Å². The Kier molecular flexibility index (Phi) is 8.67. The van der Waals surface area contributed by atoms with Gasteiger partial charge in [0.1, 0.15) is 17.7 Å². The van der Waals surface area contributed by atoms with Gasteiger partial charge in [0.15, 0.2) is 0 Å². The van der Waals surface area contributed by atoms with E-state index in [1.54, 1.807) is 12.1 Å². The van der Waals surface area contributed by atoms with E-state index < -0.39 is 0 Å². The molecule has 0 radical (unpaired) electrons. The van der Waals surface area contributed by atoms with Gasteiger partial charge in [-0.3, -0.25) is 4.79 Å². The number of aromatic hydroxyl groups is 1. The van der Waals surface area contributed by atoms with E-state index in [1.807, 2.05) is 25.9 Å². The molecule has 9 nitrogen and oxygen atoms in total. The molecule has 1 aromatic heterocycles. The number of carbonyl (C=O) groups excluding carboxylic acids is 1. The van der Waals surface area contributed by atoms with Gasteiger partial charge >= 0.3 is 6.01 Å². The molecule has 2 aliphatic heterocycles. The standard InChI is InChI=1S/C28H39ClN6O3/c1-7-25(37)33-10-12-34(13-11-33)27-21-8-9-35(24-15-20(36)14-22(29)26(24)18(2)3)17-23(21)30-28(31-27)38-19(4)16-32(5)6/h7,14-15,18-19,36H,1,8-13,16-17H2,2-6H3/t19-/m1/s1. The van der Waals surface area contributed by atoms with Crippen molar-refractivity contribution in [2.45, 2.75) is 45.8 Å². The second-order valence-electron chi connectivity index (χ2n) is 10.6. The van der Waals surface area contributed by atoms with Gasteiger partial charge in [-0.15, -0.1) is 0 Å². The topological polar surface area (TPSA) is 85.3 Å². The van der Waals surface area contributed by atoms with Crippen molar-refractivity contribution in [1.29, 1.82) is 0 Å². The van der Waals surface area contributed by atoms with Crippen molar-refractivity contribution in [1.82, 2.24) is 19.8 Å². The van der Waals surface area contributed by atoms with Gasteiger partial charge in [0.2, 0.25) is 5.91 Å². The highest BCUT2D eigenvalue weighted by Gasteiger charge is 2.30. The number of hydrogen-bond acceptors (Lipinski definition) is 8. The van der Waals surface area contributed by atoms with Gasteiger partial charge in [-0.25, -0.2) is 0 Å². The van der Waals surface area contributed by atoms with Crippen molar-refractivity contribution in [3.63, 3.8) is 0 Å². The van der Waals surface area contributed by atoms with Gasteiger partial charge in [0.05, 0.1) is 12.2 Å². The molecule has 1 fully saturated rings. The van der Waals surface area contributed by atoms with Crippen LogP contribution in [0.25, 0.3) is 0 Å². The maximum Gasteiger partial charge on any atom is 0.318 e. The van der Waals surface area contributed by atoms with Gasteiger partial charge in [-0.2, -0.15) is 9.97 Å². The molecule has 0 spiro atoms. The van der Waals surface area contributed by atoms with Crippen molar-refractivity contribution in [2.75, 3.05) is 63.2 Å². The molecule has 2 aromatic rings. The largest absolute Gasteiger partial charge is 0.508 e. The van der Waals surface area contributed by atoms with Crippen LogP contribution in [0.3, 0.4) is 0 Å². The van der Waals surface area contributed by atoms with Crippen LogP contribution in [-0.4, -0.2) is 90.2 Å². The summed E-state index contributed by atoms with van der Waals surface area (Å²) in [4.78, 5) is 30.2. The number of rotatable bonds is 8. The van der Waals surface area contributed by atoms with Gasteiger partial charge in [-0.1, -0.05) is 32.0 Å². The lowest BCUT2D eigenvalue weighted by atomic mass is 9.97. The number of anilines is 2. The van der Waals surface area contributed by atoms with Gasteiger partial charge in [0.25, 0.3) is 0 Å². The molecule has 4 rings (SSSR count). The summed E-state index contributed by atoms with van der Waals surface area (Å²) in [6.07, 6.45) is 2.03. The Labute approximate surface area is 230 Å². The van der Waals surface area contributed by atoms with Gasteiger partial charge in [0, 0.05) is 61.6 Å². The van der Waals surface area contributed by atoms with Crippen LogP contribution in [0.1, 0.15) is 43.5 Å². The first-order valence-electron chi connectivity index (χ1n) is 13.2. The van der Waals surface area contributed by atoms with Gasteiger partial charge < -0.3 is 29.4 Å². The van der Waals surface area contributed by atoms with E-state index in [4.69, 9.17) is 26.3 Å². The van der Waals surface area contributed by atoms with Crippen molar-refractivity contribution in [3.05, 3.63) is 46.6 Å². The Morgan fingerprint density at radius 1 is 1.16 bits per heavy atom.